The Balaban J connectivity index is 1.46. The molecule has 0 radical (unpaired) electrons. The summed E-state index contributed by atoms with van der Waals surface area (Å²) in [6.07, 6.45) is -0.674. The number of amides is 2. The molecular formula is C26H28N4O5. The number of rotatable bonds is 7. The highest BCUT2D eigenvalue weighted by Gasteiger charge is 2.38. The zero-order chi connectivity index (χ0) is 25.3. The molecule has 0 fully saturated rings. The van der Waals surface area contributed by atoms with E-state index in [-0.39, 0.29) is 30.6 Å². The maximum Gasteiger partial charge on any atom is 0.412 e. The fraction of sp³-hybridized carbons (Fsp3) is 0.308. The Morgan fingerprint density at radius 2 is 1.66 bits per heavy atom. The number of hydrogen-bond acceptors (Lipinski definition) is 5. The topological polar surface area (TPSA) is 114 Å². The number of carboxylic acid groups (broad SMARTS) is 1. The lowest BCUT2D eigenvalue weighted by molar-refractivity contribution is -0.147. The molecular weight excluding hydrogens is 448 g/mol. The molecule has 0 aliphatic heterocycles. The predicted octanol–water partition coefficient (Wildman–Crippen LogP) is 4.11. The number of benzene rings is 2. The Bertz CT molecular complexity index is 1250. The number of hydrogen-bond donors (Lipinski definition) is 2. The summed E-state index contributed by atoms with van der Waals surface area (Å²) in [5.41, 5.74) is 3.10. The molecule has 2 amide bonds. The summed E-state index contributed by atoms with van der Waals surface area (Å²) in [6.45, 7) is 4.94. The van der Waals surface area contributed by atoms with E-state index in [4.69, 9.17) is 4.74 Å². The zero-order valence-corrected chi connectivity index (χ0v) is 20.1. The molecule has 2 N–H and O–H groups in total. The van der Waals surface area contributed by atoms with E-state index in [0.717, 1.165) is 22.3 Å². The smallest absolute Gasteiger partial charge is 0.412 e. The van der Waals surface area contributed by atoms with Crippen LogP contribution >= 0.6 is 0 Å². The van der Waals surface area contributed by atoms with Gasteiger partial charge in [-0.25, -0.2) is 9.59 Å². The van der Waals surface area contributed by atoms with Crippen molar-refractivity contribution in [3.8, 4) is 11.1 Å². The van der Waals surface area contributed by atoms with Gasteiger partial charge in [0, 0.05) is 25.6 Å². The van der Waals surface area contributed by atoms with Crippen molar-refractivity contribution in [2.45, 2.75) is 32.2 Å². The van der Waals surface area contributed by atoms with Gasteiger partial charge in [0.2, 0.25) is 0 Å². The number of fused-ring (bicyclic) bond motifs is 3. The van der Waals surface area contributed by atoms with Crippen LogP contribution in [0.25, 0.3) is 11.1 Å². The number of nitrogens with zero attached hydrogens (tertiary/aromatic N) is 3. The van der Waals surface area contributed by atoms with Crippen molar-refractivity contribution in [3.63, 3.8) is 0 Å². The summed E-state index contributed by atoms with van der Waals surface area (Å²) in [5.74, 6) is -1.49. The number of carbonyl (C=O) groups is 3. The lowest BCUT2D eigenvalue weighted by Gasteiger charge is -2.33. The van der Waals surface area contributed by atoms with E-state index in [2.05, 4.69) is 22.5 Å². The predicted molar refractivity (Wildman–Crippen MR) is 130 cm³/mol. The normalized spacial score (nSPS) is 12.6. The Labute approximate surface area is 203 Å². The van der Waals surface area contributed by atoms with Gasteiger partial charge in [-0.1, -0.05) is 48.5 Å². The molecule has 0 unspecified atom stereocenters. The van der Waals surface area contributed by atoms with Gasteiger partial charge in [-0.05, 0) is 43.0 Å². The molecule has 2 aromatic carbocycles. The SMILES string of the molecule is CCN(C(=O)c1cc(NC(=O)OCC2c3ccccc3-c3ccccc32)n(C)n1)C(C)(C)C(=O)O. The summed E-state index contributed by atoms with van der Waals surface area (Å²) in [4.78, 5) is 38.4. The lowest BCUT2D eigenvalue weighted by atomic mass is 9.98. The number of aromatic nitrogens is 2. The van der Waals surface area contributed by atoms with Gasteiger partial charge in [0.1, 0.15) is 18.0 Å². The fourth-order valence-corrected chi connectivity index (χ4v) is 4.47. The van der Waals surface area contributed by atoms with Crippen LogP contribution in [0.5, 0.6) is 0 Å². The molecule has 0 spiro atoms. The van der Waals surface area contributed by atoms with Crippen molar-refractivity contribution in [3.05, 3.63) is 71.4 Å². The molecule has 4 rings (SSSR count). The van der Waals surface area contributed by atoms with Crippen molar-refractivity contribution in [1.29, 1.82) is 0 Å². The van der Waals surface area contributed by atoms with Crippen LogP contribution in [-0.2, 0) is 16.6 Å². The first-order valence-electron chi connectivity index (χ1n) is 11.4. The Hall–Kier alpha value is -4.14. The first-order valence-corrected chi connectivity index (χ1v) is 11.4. The van der Waals surface area contributed by atoms with Gasteiger partial charge in [-0.3, -0.25) is 14.8 Å². The second-order valence-electron chi connectivity index (χ2n) is 8.90. The minimum Gasteiger partial charge on any atom is -0.480 e. The highest BCUT2D eigenvalue weighted by atomic mass is 16.5. The summed E-state index contributed by atoms with van der Waals surface area (Å²) in [6, 6.07) is 17.5. The first kappa shape index (κ1) is 24.0. The van der Waals surface area contributed by atoms with E-state index >= 15 is 0 Å². The number of nitrogens with one attached hydrogen (secondary N) is 1. The third-order valence-corrected chi connectivity index (χ3v) is 6.43. The molecule has 1 aliphatic carbocycles. The molecule has 0 bridgehead atoms. The molecule has 0 atom stereocenters. The highest BCUT2D eigenvalue weighted by molar-refractivity contribution is 5.97. The minimum atomic E-state index is -1.41. The quantitative estimate of drug-likeness (QED) is 0.531. The average molecular weight is 477 g/mol. The number of carbonyl (C=O) groups excluding carboxylic acids is 2. The largest absolute Gasteiger partial charge is 0.480 e. The molecule has 35 heavy (non-hydrogen) atoms. The summed E-state index contributed by atoms with van der Waals surface area (Å²) < 4.78 is 6.90. The monoisotopic (exact) mass is 476 g/mol. The van der Waals surface area contributed by atoms with Crippen LogP contribution < -0.4 is 5.32 Å². The van der Waals surface area contributed by atoms with Crippen LogP contribution in [-0.4, -0.2) is 56.4 Å². The summed E-state index contributed by atoms with van der Waals surface area (Å²) in [7, 11) is 1.58. The van der Waals surface area contributed by atoms with Gasteiger partial charge in [-0.2, -0.15) is 5.10 Å². The number of carboxylic acids is 1. The maximum atomic E-state index is 13.0. The molecule has 0 saturated carbocycles. The molecule has 9 heteroatoms. The van der Waals surface area contributed by atoms with E-state index in [1.807, 2.05) is 36.4 Å². The second kappa shape index (κ2) is 9.25. The van der Waals surface area contributed by atoms with E-state index in [1.165, 1.54) is 29.5 Å². The van der Waals surface area contributed by atoms with Crippen LogP contribution in [0, 0.1) is 0 Å². The van der Waals surface area contributed by atoms with Gasteiger partial charge in [0.15, 0.2) is 5.69 Å². The van der Waals surface area contributed by atoms with Crippen LogP contribution in [0.3, 0.4) is 0 Å². The fourth-order valence-electron chi connectivity index (χ4n) is 4.47. The third kappa shape index (κ3) is 4.37. The standard InChI is InChI=1S/C26H28N4O5/c1-5-30(26(2,3)24(32)33)23(31)21-14-22(29(4)28-21)27-25(34)35-15-20-18-12-8-6-10-16(18)17-11-7-9-13-19(17)20/h6-14,20H,5,15H2,1-4H3,(H,27,34)(H,32,33). The summed E-state index contributed by atoms with van der Waals surface area (Å²) in [5, 5.41) is 16.3. The van der Waals surface area contributed by atoms with Gasteiger partial charge in [-0.15, -0.1) is 0 Å². The summed E-state index contributed by atoms with van der Waals surface area (Å²) >= 11 is 0. The van der Waals surface area contributed by atoms with Crippen molar-refractivity contribution in [2.24, 2.45) is 7.05 Å². The second-order valence-corrected chi connectivity index (χ2v) is 8.90. The Kier molecular flexibility index (Phi) is 6.34. The average Bonchev–Trinajstić information content (AvgIpc) is 3.35. The molecule has 182 valence electrons. The van der Waals surface area contributed by atoms with E-state index in [9.17, 15) is 19.5 Å². The molecule has 3 aromatic rings. The molecule has 9 nitrogen and oxygen atoms in total. The molecule has 1 aliphatic rings. The van der Waals surface area contributed by atoms with Crippen molar-refractivity contribution < 1.29 is 24.2 Å². The molecule has 1 heterocycles. The van der Waals surface area contributed by atoms with Crippen molar-refractivity contribution in [2.75, 3.05) is 18.5 Å². The third-order valence-electron chi connectivity index (χ3n) is 6.43. The Morgan fingerprint density at radius 1 is 1.09 bits per heavy atom. The molecule has 0 saturated heterocycles. The van der Waals surface area contributed by atoms with Crippen LogP contribution in [0.2, 0.25) is 0 Å². The zero-order valence-electron chi connectivity index (χ0n) is 20.1. The number of anilines is 1. The van der Waals surface area contributed by atoms with Gasteiger partial charge < -0.3 is 14.7 Å². The van der Waals surface area contributed by atoms with E-state index in [0.29, 0.717) is 0 Å². The number of ether oxygens (including phenoxy) is 1. The first-order chi connectivity index (χ1) is 16.6. The van der Waals surface area contributed by atoms with Crippen molar-refractivity contribution in [1.82, 2.24) is 14.7 Å². The van der Waals surface area contributed by atoms with E-state index in [1.54, 1.807) is 14.0 Å². The van der Waals surface area contributed by atoms with Crippen molar-refractivity contribution >= 4 is 23.8 Å². The highest BCUT2D eigenvalue weighted by Crippen LogP contribution is 2.44. The van der Waals surface area contributed by atoms with Gasteiger partial charge >= 0.3 is 12.1 Å². The van der Waals surface area contributed by atoms with Crippen LogP contribution in [0.4, 0.5) is 10.6 Å². The maximum absolute atomic E-state index is 13.0. The van der Waals surface area contributed by atoms with Gasteiger partial charge in [0.25, 0.3) is 5.91 Å². The number of likely N-dealkylation sites (N-methyl/N-ethyl adjacent to an activating group) is 1. The van der Waals surface area contributed by atoms with Crippen LogP contribution in [0.1, 0.15) is 48.3 Å². The minimum absolute atomic E-state index is 0.0256. The Morgan fingerprint density at radius 3 is 2.20 bits per heavy atom. The number of aliphatic carboxylic acids is 1. The van der Waals surface area contributed by atoms with Crippen LogP contribution in [0.15, 0.2) is 54.6 Å². The van der Waals surface area contributed by atoms with Gasteiger partial charge in [0.05, 0.1) is 0 Å². The van der Waals surface area contributed by atoms with E-state index < -0.39 is 23.5 Å². The molecule has 1 aromatic heterocycles. The number of aryl methyl sites for hydroxylation is 1. The lowest BCUT2D eigenvalue weighted by Crippen LogP contribution is -2.53.